The Bertz CT molecular complexity index is 859. The van der Waals surface area contributed by atoms with Gasteiger partial charge >= 0.3 is 17.9 Å². The second kappa shape index (κ2) is 48.1. The number of esters is 3. The first-order chi connectivity index (χ1) is 28.5. The highest BCUT2D eigenvalue weighted by atomic mass is 16.6. The fourth-order valence-corrected chi connectivity index (χ4v) is 7.92. The summed E-state index contributed by atoms with van der Waals surface area (Å²) in [6, 6.07) is 0. The van der Waals surface area contributed by atoms with Crippen molar-refractivity contribution < 1.29 is 28.6 Å². The molecule has 0 spiro atoms. The lowest BCUT2D eigenvalue weighted by atomic mass is 10.0. The van der Waals surface area contributed by atoms with Crippen LogP contribution in [0.3, 0.4) is 0 Å². The van der Waals surface area contributed by atoms with Crippen molar-refractivity contribution in [2.24, 2.45) is 0 Å². The van der Waals surface area contributed by atoms with E-state index in [1.54, 1.807) is 0 Å². The Labute approximate surface area is 361 Å². The third-order valence-electron chi connectivity index (χ3n) is 11.9. The molecule has 0 saturated heterocycles. The number of carbonyl (C=O) groups excluding carboxylic acids is 3. The molecule has 0 aromatic rings. The van der Waals surface area contributed by atoms with Gasteiger partial charge in [0.25, 0.3) is 0 Å². The van der Waals surface area contributed by atoms with Crippen LogP contribution in [0.5, 0.6) is 0 Å². The molecule has 0 bridgehead atoms. The van der Waals surface area contributed by atoms with Crippen LogP contribution in [0, 0.1) is 0 Å². The lowest BCUT2D eigenvalue weighted by molar-refractivity contribution is -0.167. The zero-order chi connectivity index (χ0) is 42.3. The SMILES string of the molecule is CCCCCCCCCCCCCCCCCCCCCCCC(=O)OCC(COC(=O)CCCCCCCCCCC)OC(=O)CCCCCCCCCCCC. The van der Waals surface area contributed by atoms with Crippen molar-refractivity contribution in [3.8, 4) is 0 Å². The zero-order valence-electron chi connectivity index (χ0n) is 39.3. The van der Waals surface area contributed by atoms with Gasteiger partial charge < -0.3 is 14.2 Å². The Hall–Kier alpha value is -1.59. The van der Waals surface area contributed by atoms with E-state index in [0.717, 1.165) is 57.8 Å². The lowest BCUT2D eigenvalue weighted by Crippen LogP contribution is -2.30. The summed E-state index contributed by atoms with van der Waals surface area (Å²) >= 11 is 0. The van der Waals surface area contributed by atoms with E-state index in [1.807, 2.05) is 0 Å². The van der Waals surface area contributed by atoms with Crippen LogP contribution in [-0.4, -0.2) is 37.2 Å². The van der Waals surface area contributed by atoms with Crippen LogP contribution in [0.2, 0.25) is 0 Å². The first kappa shape index (κ1) is 56.4. The van der Waals surface area contributed by atoms with Crippen molar-refractivity contribution in [1.82, 2.24) is 0 Å². The van der Waals surface area contributed by atoms with Gasteiger partial charge in [0.15, 0.2) is 6.10 Å². The van der Waals surface area contributed by atoms with Gasteiger partial charge in [-0.1, -0.05) is 258 Å². The molecule has 0 saturated carbocycles. The van der Waals surface area contributed by atoms with Crippen LogP contribution >= 0.6 is 0 Å². The molecule has 0 aromatic carbocycles. The van der Waals surface area contributed by atoms with Gasteiger partial charge in [0, 0.05) is 19.3 Å². The highest BCUT2D eigenvalue weighted by Crippen LogP contribution is 2.17. The van der Waals surface area contributed by atoms with Gasteiger partial charge in [0.2, 0.25) is 0 Å². The summed E-state index contributed by atoms with van der Waals surface area (Å²) in [5, 5.41) is 0. The molecule has 0 aliphatic rings. The smallest absolute Gasteiger partial charge is 0.306 e. The van der Waals surface area contributed by atoms with Gasteiger partial charge in [-0.05, 0) is 19.3 Å². The van der Waals surface area contributed by atoms with Crippen LogP contribution in [0.4, 0.5) is 0 Å². The highest BCUT2D eigenvalue weighted by molar-refractivity contribution is 5.71. The van der Waals surface area contributed by atoms with Crippen LogP contribution in [0.15, 0.2) is 0 Å². The molecule has 58 heavy (non-hydrogen) atoms. The molecule has 0 N–H and O–H groups in total. The maximum atomic E-state index is 12.7. The Morgan fingerprint density at radius 1 is 0.276 bits per heavy atom. The van der Waals surface area contributed by atoms with E-state index in [-0.39, 0.29) is 31.1 Å². The maximum Gasteiger partial charge on any atom is 0.306 e. The average Bonchev–Trinajstić information content (AvgIpc) is 3.22. The molecule has 0 aliphatic heterocycles. The largest absolute Gasteiger partial charge is 0.462 e. The third-order valence-corrected chi connectivity index (χ3v) is 11.9. The maximum absolute atomic E-state index is 12.7. The fraction of sp³-hybridized carbons (Fsp3) is 0.942. The van der Waals surface area contributed by atoms with E-state index in [9.17, 15) is 14.4 Å². The Kier molecular flexibility index (Phi) is 46.8. The molecule has 0 heterocycles. The van der Waals surface area contributed by atoms with Gasteiger partial charge in [0.1, 0.15) is 13.2 Å². The van der Waals surface area contributed by atoms with E-state index < -0.39 is 6.10 Å². The van der Waals surface area contributed by atoms with Crippen molar-refractivity contribution >= 4 is 17.9 Å². The second-order valence-corrected chi connectivity index (χ2v) is 17.8. The summed E-state index contributed by atoms with van der Waals surface area (Å²) in [7, 11) is 0. The minimum atomic E-state index is -0.758. The topological polar surface area (TPSA) is 78.9 Å². The molecule has 1 unspecified atom stereocenters. The predicted octanol–water partition coefficient (Wildman–Crippen LogP) is 16.8. The molecule has 1 atom stereocenters. The quantitative estimate of drug-likeness (QED) is 0.0346. The zero-order valence-corrected chi connectivity index (χ0v) is 39.3. The van der Waals surface area contributed by atoms with Crippen molar-refractivity contribution in [1.29, 1.82) is 0 Å². The predicted molar refractivity (Wildman–Crippen MR) is 247 cm³/mol. The molecule has 0 fully saturated rings. The van der Waals surface area contributed by atoms with Crippen LogP contribution in [0.1, 0.15) is 297 Å². The van der Waals surface area contributed by atoms with E-state index >= 15 is 0 Å². The van der Waals surface area contributed by atoms with Crippen LogP contribution in [0.25, 0.3) is 0 Å². The molecule has 6 heteroatoms. The highest BCUT2D eigenvalue weighted by Gasteiger charge is 2.19. The first-order valence-corrected chi connectivity index (χ1v) is 26.0. The molecule has 0 aliphatic carbocycles. The summed E-state index contributed by atoms with van der Waals surface area (Å²) < 4.78 is 16.7. The summed E-state index contributed by atoms with van der Waals surface area (Å²) in [5.74, 6) is -0.848. The Morgan fingerprint density at radius 2 is 0.466 bits per heavy atom. The van der Waals surface area contributed by atoms with Gasteiger partial charge in [-0.3, -0.25) is 14.4 Å². The third kappa shape index (κ3) is 45.5. The summed E-state index contributed by atoms with van der Waals surface area (Å²) in [6.45, 7) is 6.65. The van der Waals surface area contributed by atoms with E-state index in [4.69, 9.17) is 14.2 Å². The number of ether oxygens (including phenoxy) is 3. The number of hydrogen-bond donors (Lipinski definition) is 0. The molecular formula is C52H100O6. The number of rotatable bonds is 48. The number of unbranched alkanes of at least 4 members (excludes halogenated alkanes) is 37. The standard InChI is InChI=1S/C52H100O6/c1-4-7-10-13-16-19-21-22-23-24-25-26-27-28-29-30-31-34-36-39-42-45-51(54)57-48-49(47-56-50(53)44-41-38-35-32-18-15-12-9-6-3)58-52(55)46-43-40-37-33-20-17-14-11-8-5-2/h49H,4-48H2,1-3H3. The molecular weight excluding hydrogens is 721 g/mol. The van der Waals surface area contributed by atoms with Gasteiger partial charge in [-0.25, -0.2) is 0 Å². The molecule has 344 valence electrons. The van der Waals surface area contributed by atoms with Crippen molar-refractivity contribution in [2.75, 3.05) is 13.2 Å². The molecule has 6 nitrogen and oxygen atoms in total. The van der Waals surface area contributed by atoms with Crippen molar-refractivity contribution in [2.45, 2.75) is 303 Å². The van der Waals surface area contributed by atoms with E-state index in [1.165, 1.54) is 199 Å². The van der Waals surface area contributed by atoms with Crippen molar-refractivity contribution in [3.05, 3.63) is 0 Å². The normalized spacial score (nSPS) is 11.8. The van der Waals surface area contributed by atoms with Gasteiger partial charge in [0.05, 0.1) is 0 Å². The summed E-state index contributed by atoms with van der Waals surface area (Å²) in [4.78, 5) is 37.8. The van der Waals surface area contributed by atoms with Crippen LogP contribution < -0.4 is 0 Å². The average molecular weight is 821 g/mol. The number of carbonyl (C=O) groups is 3. The second-order valence-electron chi connectivity index (χ2n) is 17.8. The van der Waals surface area contributed by atoms with Gasteiger partial charge in [-0.15, -0.1) is 0 Å². The fourth-order valence-electron chi connectivity index (χ4n) is 7.92. The van der Waals surface area contributed by atoms with Crippen molar-refractivity contribution in [3.63, 3.8) is 0 Å². The van der Waals surface area contributed by atoms with E-state index in [2.05, 4.69) is 20.8 Å². The summed E-state index contributed by atoms with van der Waals surface area (Å²) in [5.41, 5.74) is 0. The monoisotopic (exact) mass is 821 g/mol. The van der Waals surface area contributed by atoms with Gasteiger partial charge in [-0.2, -0.15) is 0 Å². The first-order valence-electron chi connectivity index (χ1n) is 26.0. The molecule has 0 aromatic heterocycles. The summed E-state index contributed by atoms with van der Waals surface area (Å²) in [6.07, 6.45) is 51.0. The molecule has 0 amide bonds. The minimum absolute atomic E-state index is 0.0623. The minimum Gasteiger partial charge on any atom is -0.462 e. The Morgan fingerprint density at radius 3 is 0.690 bits per heavy atom. The molecule has 0 rings (SSSR count). The Balaban J connectivity index is 4.13. The van der Waals surface area contributed by atoms with E-state index in [0.29, 0.717) is 19.3 Å². The molecule has 0 radical (unpaired) electrons. The lowest BCUT2D eigenvalue weighted by Gasteiger charge is -2.18. The number of hydrogen-bond acceptors (Lipinski definition) is 6. The van der Waals surface area contributed by atoms with Crippen LogP contribution in [-0.2, 0) is 28.6 Å².